The lowest BCUT2D eigenvalue weighted by atomic mass is 9.71. The first-order chi connectivity index (χ1) is 25.1. The summed E-state index contributed by atoms with van der Waals surface area (Å²) in [7, 11) is 0. The number of hydrogen-bond acceptors (Lipinski definition) is 11. The number of nitrogens with zero attached hydrogens (tertiary/aromatic N) is 2. The molecule has 3 aliphatic rings. The zero-order chi connectivity index (χ0) is 38.5. The van der Waals surface area contributed by atoms with Gasteiger partial charge in [-0.1, -0.05) is 39.3 Å². The van der Waals surface area contributed by atoms with Gasteiger partial charge in [0.05, 0.1) is 50.8 Å². The van der Waals surface area contributed by atoms with E-state index in [1.165, 1.54) is 17.1 Å². The molecule has 2 N–H and O–H groups in total. The van der Waals surface area contributed by atoms with Crippen molar-refractivity contribution < 1.29 is 43.3 Å². The number of cyclic esters (lactones) is 1. The summed E-state index contributed by atoms with van der Waals surface area (Å²) in [5.41, 5.74) is -0.193. The van der Waals surface area contributed by atoms with Crippen LogP contribution in [0.1, 0.15) is 102 Å². The van der Waals surface area contributed by atoms with E-state index in [1.807, 2.05) is 39.0 Å². The van der Waals surface area contributed by atoms with E-state index in [2.05, 4.69) is 16.9 Å². The minimum absolute atomic E-state index is 0.154. The van der Waals surface area contributed by atoms with Gasteiger partial charge in [0, 0.05) is 31.7 Å². The fourth-order valence-corrected chi connectivity index (χ4v) is 8.27. The number of carbonyl (C=O) groups excluding carboxylic acids is 5. The maximum absolute atomic E-state index is 14.4. The number of carbonyl (C=O) groups is 5. The number of aliphatic hydroxyl groups excluding tert-OH is 1. The number of fused-ring (bicyclic) bond motifs is 2. The number of hydrogen-bond donors (Lipinski definition) is 2. The molecule has 2 saturated heterocycles. The van der Waals surface area contributed by atoms with Crippen molar-refractivity contribution >= 4 is 51.2 Å². The predicted molar refractivity (Wildman–Crippen MR) is 200 cm³/mol. The van der Waals surface area contributed by atoms with Crippen LogP contribution in [0.5, 0.6) is 0 Å². The van der Waals surface area contributed by atoms with E-state index in [9.17, 15) is 29.1 Å². The van der Waals surface area contributed by atoms with Gasteiger partial charge in [-0.15, -0.1) is 17.9 Å². The quantitative estimate of drug-likeness (QED) is 0.0928. The van der Waals surface area contributed by atoms with E-state index in [0.717, 1.165) is 33.6 Å². The first-order valence-corrected chi connectivity index (χ1v) is 19.5. The van der Waals surface area contributed by atoms with Crippen LogP contribution < -0.4 is 5.32 Å². The van der Waals surface area contributed by atoms with Crippen LogP contribution in [0.25, 0.3) is 10.2 Å². The molecule has 12 nitrogen and oxygen atoms in total. The molecule has 0 saturated carbocycles. The number of alkyl carbamates (subject to hydrolysis) is 1. The number of aromatic nitrogens is 1. The third-order valence-electron chi connectivity index (χ3n) is 11.0. The predicted octanol–water partition coefficient (Wildman–Crippen LogP) is 6.29. The number of unbranched alkanes of at least 4 members (excludes halogenated alkanes) is 2. The van der Waals surface area contributed by atoms with Gasteiger partial charge in [0.15, 0.2) is 0 Å². The maximum atomic E-state index is 14.4. The number of ether oxygens (including phenoxy) is 3. The van der Waals surface area contributed by atoms with Crippen LogP contribution in [0.2, 0.25) is 0 Å². The molecule has 5 rings (SSSR count). The summed E-state index contributed by atoms with van der Waals surface area (Å²) in [5, 5.41) is 15.2. The molecule has 1 aromatic carbocycles. The van der Waals surface area contributed by atoms with Crippen molar-refractivity contribution in [2.45, 2.75) is 122 Å². The Morgan fingerprint density at radius 3 is 2.60 bits per heavy atom. The summed E-state index contributed by atoms with van der Waals surface area (Å²) in [5.74, 6) is -2.67. The van der Waals surface area contributed by atoms with Crippen molar-refractivity contribution in [1.29, 1.82) is 0 Å². The van der Waals surface area contributed by atoms with E-state index in [0.29, 0.717) is 45.2 Å². The van der Waals surface area contributed by atoms with Crippen LogP contribution in [-0.2, 0) is 33.4 Å². The highest BCUT2D eigenvalue weighted by Crippen LogP contribution is 2.47. The molecule has 0 unspecified atom stereocenters. The monoisotopic (exact) mass is 751 g/mol. The van der Waals surface area contributed by atoms with Gasteiger partial charge in [0.1, 0.15) is 18.0 Å². The van der Waals surface area contributed by atoms with Gasteiger partial charge < -0.3 is 24.6 Å². The summed E-state index contributed by atoms with van der Waals surface area (Å²) in [6, 6.07) is 5.86. The molecule has 0 bridgehead atoms. The Bertz CT molecular complexity index is 1720. The third-order valence-corrected chi connectivity index (χ3v) is 11.9. The van der Waals surface area contributed by atoms with E-state index in [1.54, 1.807) is 31.3 Å². The van der Waals surface area contributed by atoms with Gasteiger partial charge in [-0.3, -0.25) is 24.1 Å². The normalized spacial score (nSPS) is 29.5. The van der Waals surface area contributed by atoms with E-state index < -0.39 is 53.7 Å². The summed E-state index contributed by atoms with van der Waals surface area (Å²) in [4.78, 5) is 70.4. The lowest BCUT2D eigenvalue weighted by molar-refractivity contribution is -0.156. The summed E-state index contributed by atoms with van der Waals surface area (Å²) in [6.07, 6.45) is 4.69. The SMILES string of the molecule is C=CC[C@H]1C(=O)C(C)(C)[C@@H](O)CC(=O)O[C@H](c2ccc3sc(C)nc3c2)C[C@@H]2O[C@]2(C)CCC[C@H](C)[C@@H]1OC(=O)NCCCCCN1C(=O)C=CC1=O. The van der Waals surface area contributed by atoms with Crippen LogP contribution in [-0.4, -0.2) is 81.7 Å². The van der Waals surface area contributed by atoms with Crippen molar-refractivity contribution in [2.75, 3.05) is 13.1 Å². The number of benzene rings is 1. The Hall–Kier alpha value is -3.94. The number of imide groups is 1. The second kappa shape index (κ2) is 17.0. The average molecular weight is 752 g/mol. The highest BCUT2D eigenvalue weighted by Gasteiger charge is 2.53. The first-order valence-electron chi connectivity index (χ1n) is 18.7. The molecule has 4 heterocycles. The Morgan fingerprint density at radius 1 is 1.15 bits per heavy atom. The average Bonchev–Trinajstić information content (AvgIpc) is 3.39. The Kier molecular flexibility index (Phi) is 12.9. The minimum atomic E-state index is -1.39. The van der Waals surface area contributed by atoms with Crippen LogP contribution in [0.3, 0.4) is 0 Å². The number of ketones is 1. The molecule has 2 fully saturated rings. The topological polar surface area (TPSA) is 165 Å². The number of amides is 3. The number of epoxide rings is 1. The van der Waals surface area contributed by atoms with E-state index in [4.69, 9.17) is 14.2 Å². The van der Waals surface area contributed by atoms with E-state index in [-0.39, 0.29) is 36.0 Å². The molecule has 13 heteroatoms. The molecule has 2 aromatic rings. The molecule has 53 heavy (non-hydrogen) atoms. The number of Topliss-reactive ketones (excluding diaryl/α,β-unsaturated/α-hetero) is 1. The fraction of sp³-hybridized carbons (Fsp3) is 0.600. The minimum Gasteiger partial charge on any atom is -0.457 e. The lowest BCUT2D eigenvalue weighted by Gasteiger charge is -2.37. The summed E-state index contributed by atoms with van der Waals surface area (Å²) >= 11 is 1.59. The van der Waals surface area contributed by atoms with Gasteiger partial charge in [-0.25, -0.2) is 9.78 Å². The highest BCUT2D eigenvalue weighted by molar-refractivity contribution is 7.18. The fourth-order valence-electron chi connectivity index (χ4n) is 7.46. The Labute approximate surface area is 315 Å². The number of allylic oxidation sites excluding steroid dienone is 1. The van der Waals surface area contributed by atoms with Crippen LogP contribution in [0.15, 0.2) is 43.0 Å². The molecule has 1 aromatic heterocycles. The largest absolute Gasteiger partial charge is 0.457 e. The number of aryl methyl sites for hydroxylation is 1. The third kappa shape index (κ3) is 9.79. The molecule has 3 aliphatic heterocycles. The molecule has 3 amide bonds. The van der Waals surface area contributed by atoms with Crippen LogP contribution in [0, 0.1) is 24.2 Å². The molecule has 288 valence electrons. The molecule has 7 atom stereocenters. The number of rotatable bonds is 10. The zero-order valence-electron chi connectivity index (χ0n) is 31.4. The van der Waals surface area contributed by atoms with Crippen LogP contribution in [0.4, 0.5) is 4.79 Å². The van der Waals surface area contributed by atoms with Crippen molar-refractivity contribution in [2.24, 2.45) is 17.3 Å². The molecule has 0 aliphatic carbocycles. The van der Waals surface area contributed by atoms with Gasteiger partial charge in [-0.2, -0.15) is 0 Å². The molecule has 0 radical (unpaired) electrons. The maximum Gasteiger partial charge on any atom is 0.407 e. The lowest BCUT2D eigenvalue weighted by Crippen LogP contribution is -2.48. The summed E-state index contributed by atoms with van der Waals surface area (Å²) < 4.78 is 19.3. The standard InChI is InChI=1S/C40H53N3O9S/c1-7-12-27-36(51-38(49)41-19-9-8-10-20-43-33(45)16-17-34(43)46)24(2)13-11-18-40(6)32(52-40)22-29(26-14-15-30-28(21-26)42-25(3)53-30)50-35(47)23-31(44)39(4,5)37(27)48/h7,14-17,21,24,27,29,31-32,36,44H,1,8-13,18-20,22-23H2,2-6H3,(H,41,49)/t24-,27+,29-,31-,32-,36-,40+/m0/s1. The second-order valence-electron chi connectivity index (χ2n) is 15.4. The van der Waals surface area contributed by atoms with Crippen molar-refractivity contribution in [1.82, 2.24) is 15.2 Å². The smallest absolute Gasteiger partial charge is 0.407 e. The number of esters is 1. The van der Waals surface area contributed by atoms with Gasteiger partial charge in [0.2, 0.25) is 0 Å². The first kappa shape index (κ1) is 40.2. The Balaban J connectivity index is 1.28. The molecular formula is C40H53N3O9S. The van der Waals surface area contributed by atoms with Gasteiger partial charge in [0.25, 0.3) is 11.8 Å². The van der Waals surface area contributed by atoms with Crippen molar-refractivity contribution in [3.05, 3.63) is 53.6 Å². The van der Waals surface area contributed by atoms with Crippen LogP contribution >= 0.6 is 11.3 Å². The Morgan fingerprint density at radius 2 is 1.89 bits per heavy atom. The van der Waals surface area contributed by atoms with Crippen molar-refractivity contribution in [3.8, 4) is 0 Å². The second-order valence-corrected chi connectivity index (χ2v) is 16.7. The number of nitrogens with one attached hydrogen (secondary N) is 1. The van der Waals surface area contributed by atoms with E-state index >= 15 is 0 Å². The van der Waals surface area contributed by atoms with Gasteiger partial charge >= 0.3 is 12.1 Å². The highest BCUT2D eigenvalue weighted by atomic mass is 32.1. The number of aliphatic hydroxyl groups is 1. The van der Waals surface area contributed by atoms with Gasteiger partial charge in [-0.05, 0) is 76.0 Å². The number of thiazole rings is 1. The zero-order valence-corrected chi connectivity index (χ0v) is 32.2. The molecular weight excluding hydrogens is 699 g/mol. The molecule has 0 spiro atoms. The summed E-state index contributed by atoms with van der Waals surface area (Å²) in [6.45, 7) is 13.7. The van der Waals surface area contributed by atoms with Crippen molar-refractivity contribution in [3.63, 3.8) is 0 Å².